The predicted molar refractivity (Wildman–Crippen MR) is 104 cm³/mol. The summed E-state index contributed by atoms with van der Waals surface area (Å²) < 4.78 is 15.9. The van der Waals surface area contributed by atoms with Crippen molar-refractivity contribution in [1.29, 1.82) is 0 Å². The minimum Gasteiger partial charge on any atom is -0.509 e. The second-order valence-electron chi connectivity index (χ2n) is 7.58. The molecule has 1 aliphatic rings. The number of hydrogen-bond donors (Lipinski definition) is 1. The van der Waals surface area contributed by atoms with Gasteiger partial charge in [-0.1, -0.05) is 30.3 Å². The average molecular weight is 405 g/mol. The number of aliphatic hydroxyl groups is 1. The van der Waals surface area contributed by atoms with Crippen LogP contribution in [0, 0.1) is 0 Å². The van der Waals surface area contributed by atoms with Crippen LogP contribution in [0.15, 0.2) is 41.7 Å². The molecule has 1 heterocycles. The normalized spacial score (nSPS) is 18.0. The van der Waals surface area contributed by atoms with E-state index in [1.54, 1.807) is 34.6 Å². The number of rotatable bonds is 6. The van der Waals surface area contributed by atoms with Crippen molar-refractivity contribution in [3.05, 3.63) is 47.2 Å². The number of carbonyl (C=O) groups excluding carboxylic acids is 3. The van der Waals surface area contributed by atoms with Crippen molar-refractivity contribution in [2.24, 2.45) is 0 Å². The van der Waals surface area contributed by atoms with Crippen LogP contribution < -0.4 is 0 Å². The van der Waals surface area contributed by atoms with Crippen molar-refractivity contribution in [2.75, 3.05) is 6.61 Å². The van der Waals surface area contributed by atoms with Crippen molar-refractivity contribution in [3.8, 4) is 0 Å². The third kappa shape index (κ3) is 5.35. The van der Waals surface area contributed by atoms with Crippen molar-refractivity contribution in [1.82, 2.24) is 4.90 Å². The lowest BCUT2D eigenvalue weighted by Crippen LogP contribution is -2.49. The maximum Gasteiger partial charge on any atom is 0.418 e. The van der Waals surface area contributed by atoms with Gasteiger partial charge in [-0.2, -0.15) is 0 Å². The molecule has 0 spiro atoms. The molecule has 1 aromatic rings. The van der Waals surface area contributed by atoms with E-state index in [1.807, 2.05) is 30.3 Å². The zero-order valence-corrected chi connectivity index (χ0v) is 17.3. The summed E-state index contributed by atoms with van der Waals surface area (Å²) in [4.78, 5) is 38.4. The number of amides is 2. The minimum absolute atomic E-state index is 0.0139. The van der Waals surface area contributed by atoms with Gasteiger partial charge < -0.3 is 19.3 Å². The van der Waals surface area contributed by atoms with Gasteiger partial charge in [-0.15, -0.1) is 0 Å². The molecule has 1 aliphatic heterocycles. The van der Waals surface area contributed by atoms with E-state index in [-0.39, 0.29) is 13.2 Å². The largest absolute Gasteiger partial charge is 0.509 e. The number of nitrogens with zero attached hydrogens (tertiary/aromatic N) is 1. The SMILES string of the molecule is CCOC(=O)C1=C(O)[C@H](C(C)OCc2ccccc2)N(C(=O)OC(C)(C)C)C1=O. The van der Waals surface area contributed by atoms with Crippen molar-refractivity contribution < 1.29 is 33.7 Å². The molecule has 1 N–H and O–H groups in total. The highest BCUT2D eigenvalue weighted by molar-refractivity contribution is 6.22. The van der Waals surface area contributed by atoms with Crippen LogP contribution in [0.3, 0.4) is 0 Å². The lowest BCUT2D eigenvalue weighted by Gasteiger charge is -2.30. The highest BCUT2D eigenvalue weighted by Gasteiger charge is 2.50. The third-order valence-electron chi connectivity index (χ3n) is 4.12. The zero-order chi connectivity index (χ0) is 21.8. The van der Waals surface area contributed by atoms with Crippen LogP contribution in [0.25, 0.3) is 0 Å². The molecule has 0 aliphatic carbocycles. The van der Waals surface area contributed by atoms with E-state index in [0.717, 1.165) is 5.56 Å². The smallest absolute Gasteiger partial charge is 0.418 e. The number of carbonyl (C=O) groups is 3. The van der Waals surface area contributed by atoms with Crippen molar-refractivity contribution in [2.45, 2.75) is 59.0 Å². The number of hydrogen-bond acceptors (Lipinski definition) is 7. The van der Waals surface area contributed by atoms with Crippen LogP contribution in [0.5, 0.6) is 0 Å². The number of aliphatic hydroxyl groups excluding tert-OH is 1. The highest BCUT2D eigenvalue weighted by atomic mass is 16.6. The fourth-order valence-electron chi connectivity index (χ4n) is 2.85. The summed E-state index contributed by atoms with van der Waals surface area (Å²) in [7, 11) is 0. The van der Waals surface area contributed by atoms with Crippen LogP contribution in [0.2, 0.25) is 0 Å². The van der Waals surface area contributed by atoms with E-state index < -0.39 is 47.0 Å². The topological polar surface area (TPSA) is 102 Å². The Morgan fingerprint density at radius 2 is 1.83 bits per heavy atom. The van der Waals surface area contributed by atoms with Crippen LogP contribution in [0.1, 0.15) is 40.2 Å². The minimum atomic E-state index is -1.21. The summed E-state index contributed by atoms with van der Waals surface area (Å²) in [6.07, 6.45) is -1.79. The number of ether oxygens (including phenoxy) is 3. The Labute approximate surface area is 170 Å². The summed E-state index contributed by atoms with van der Waals surface area (Å²) in [5, 5.41) is 10.6. The van der Waals surface area contributed by atoms with E-state index in [4.69, 9.17) is 14.2 Å². The summed E-state index contributed by atoms with van der Waals surface area (Å²) in [6.45, 7) is 8.32. The first-order valence-corrected chi connectivity index (χ1v) is 9.39. The number of esters is 1. The van der Waals surface area contributed by atoms with Gasteiger partial charge in [0.2, 0.25) is 0 Å². The maximum atomic E-state index is 12.8. The lowest BCUT2D eigenvalue weighted by molar-refractivity contribution is -0.141. The van der Waals surface area contributed by atoms with E-state index in [2.05, 4.69) is 0 Å². The van der Waals surface area contributed by atoms with Crippen LogP contribution in [0.4, 0.5) is 4.79 Å². The summed E-state index contributed by atoms with van der Waals surface area (Å²) in [6, 6.07) is 8.08. The van der Waals surface area contributed by atoms with Gasteiger partial charge in [0.25, 0.3) is 5.91 Å². The summed E-state index contributed by atoms with van der Waals surface area (Å²) in [5.41, 5.74) is -0.585. The zero-order valence-electron chi connectivity index (χ0n) is 17.3. The van der Waals surface area contributed by atoms with Gasteiger partial charge in [0.05, 0.1) is 19.3 Å². The van der Waals surface area contributed by atoms with Crippen molar-refractivity contribution in [3.63, 3.8) is 0 Å². The number of imide groups is 1. The fraction of sp³-hybridized carbons (Fsp3) is 0.476. The Balaban J connectivity index is 2.31. The van der Waals surface area contributed by atoms with E-state index >= 15 is 0 Å². The molecule has 1 aromatic carbocycles. The van der Waals surface area contributed by atoms with E-state index in [1.165, 1.54) is 0 Å². The molecule has 8 nitrogen and oxygen atoms in total. The standard InChI is InChI=1S/C21H27NO7/c1-6-27-19(25)15-17(23)16(13(2)28-12-14-10-8-7-9-11-14)22(18(15)24)20(26)29-21(3,4)5/h7-11,13,16,23H,6,12H2,1-5H3/t13?,16-/m0/s1. The van der Waals surface area contributed by atoms with Gasteiger partial charge in [-0.3, -0.25) is 4.79 Å². The molecular formula is C21H27NO7. The first kappa shape index (κ1) is 22.4. The van der Waals surface area contributed by atoms with Crippen LogP contribution >= 0.6 is 0 Å². The summed E-state index contributed by atoms with van der Waals surface area (Å²) >= 11 is 0. The second-order valence-corrected chi connectivity index (χ2v) is 7.58. The molecule has 2 rings (SSSR count). The second kappa shape index (κ2) is 9.09. The molecule has 0 saturated heterocycles. The molecule has 2 atom stereocenters. The molecule has 0 radical (unpaired) electrons. The quantitative estimate of drug-likeness (QED) is 0.573. The number of benzene rings is 1. The molecule has 29 heavy (non-hydrogen) atoms. The molecule has 0 bridgehead atoms. The molecule has 2 amide bonds. The summed E-state index contributed by atoms with van der Waals surface area (Å²) in [5.74, 6) is -2.54. The Morgan fingerprint density at radius 3 is 2.38 bits per heavy atom. The molecule has 1 unspecified atom stereocenters. The molecule has 0 fully saturated rings. The molecular weight excluding hydrogens is 378 g/mol. The fourth-order valence-corrected chi connectivity index (χ4v) is 2.85. The molecule has 8 heteroatoms. The predicted octanol–water partition coefficient (Wildman–Crippen LogP) is 3.11. The van der Waals surface area contributed by atoms with Gasteiger partial charge in [0.15, 0.2) is 5.57 Å². The van der Waals surface area contributed by atoms with Gasteiger partial charge in [-0.05, 0) is 40.2 Å². The first-order chi connectivity index (χ1) is 13.6. The Morgan fingerprint density at radius 1 is 1.21 bits per heavy atom. The third-order valence-corrected chi connectivity index (χ3v) is 4.12. The lowest BCUT2D eigenvalue weighted by atomic mass is 10.1. The Bertz CT molecular complexity index is 795. The average Bonchev–Trinajstić information content (AvgIpc) is 2.90. The van der Waals surface area contributed by atoms with Crippen LogP contribution in [-0.2, 0) is 30.4 Å². The van der Waals surface area contributed by atoms with Gasteiger partial charge in [0.1, 0.15) is 17.4 Å². The van der Waals surface area contributed by atoms with Gasteiger partial charge in [0, 0.05) is 0 Å². The molecule has 0 aromatic heterocycles. The Hall–Kier alpha value is -2.87. The highest BCUT2D eigenvalue weighted by Crippen LogP contribution is 2.30. The maximum absolute atomic E-state index is 12.8. The van der Waals surface area contributed by atoms with Crippen LogP contribution in [-0.4, -0.2) is 52.3 Å². The molecule has 158 valence electrons. The molecule has 0 saturated carbocycles. The van der Waals surface area contributed by atoms with E-state index in [0.29, 0.717) is 4.90 Å². The monoisotopic (exact) mass is 405 g/mol. The van der Waals surface area contributed by atoms with E-state index in [9.17, 15) is 19.5 Å². The Kier molecular flexibility index (Phi) is 7.02. The van der Waals surface area contributed by atoms with Crippen molar-refractivity contribution >= 4 is 18.0 Å². The van der Waals surface area contributed by atoms with Gasteiger partial charge >= 0.3 is 12.1 Å². The first-order valence-electron chi connectivity index (χ1n) is 9.39. The van der Waals surface area contributed by atoms with Gasteiger partial charge in [-0.25, -0.2) is 14.5 Å².